The number of ether oxygens (including phenoxy) is 1. The topological polar surface area (TPSA) is 26.3 Å². The fourth-order valence-electron chi connectivity index (χ4n) is 5.93. The molecule has 1 atom stereocenters. The summed E-state index contributed by atoms with van der Waals surface area (Å²) in [5, 5.41) is 0. The van der Waals surface area contributed by atoms with Crippen LogP contribution in [0.4, 0.5) is 0 Å². The predicted octanol–water partition coefficient (Wildman–Crippen LogP) is 5.84. The molecule has 4 aliphatic rings. The molecule has 4 fully saturated rings. The van der Waals surface area contributed by atoms with E-state index in [1.165, 1.54) is 32.1 Å². The van der Waals surface area contributed by atoms with Crippen LogP contribution in [0.3, 0.4) is 0 Å². The second-order valence-electron chi connectivity index (χ2n) is 11.6. The highest BCUT2D eigenvalue weighted by Crippen LogP contribution is 2.59. The minimum Gasteiger partial charge on any atom is -0.459 e. The zero-order valence-electron chi connectivity index (χ0n) is 16.9. The fourth-order valence-corrected chi connectivity index (χ4v) is 5.93. The van der Waals surface area contributed by atoms with Crippen molar-refractivity contribution in [3.05, 3.63) is 0 Å². The van der Waals surface area contributed by atoms with Crippen molar-refractivity contribution >= 4 is 5.97 Å². The number of carbonyl (C=O) groups is 1. The van der Waals surface area contributed by atoms with Crippen molar-refractivity contribution in [2.75, 3.05) is 0 Å². The van der Waals surface area contributed by atoms with Gasteiger partial charge in [-0.25, -0.2) is 0 Å². The lowest BCUT2D eigenvalue weighted by molar-refractivity contribution is -0.210. The van der Waals surface area contributed by atoms with Crippen LogP contribution in [0, 0.1) is 40.4 Å². The van der Waals surface area contributed by atoms with E-state index < -0.39 is 0 Å². The Labute approximate surface area is 149 Å². The van der Waals surface area contributed by atoms with E-state index in [0.29, 0.717) is 11.8 Å². The molecule has 4 rings (SSSR count). The molecule has 24 heavy (non-hydrogen) atoms. The maximum absolute atomic E-state index is 13.2. The summed E-state index contributed by atoms with van der Waals surface area (Å²) in [5.74, 6) is 3.07. The molecule has 138 valence electrons. The van der Waals surface area contributed by atoms with Crippen molar-refractivity contribution in [2.24, 2.45) is 40.4 Å². The lowest BCUT2D eigenvalue weighted by Crippen LogP contribution is -2.58. The molecule has 4 bridgehead atoms. The van der Waals surface area contributed by atoms with Gasteiger partial charge < -0.3 is 4.74 Å². The molecule has 4 saturated carbocycles. The first-order valence-corrected chi connectivity index (χ1v) is 10.1. The second-order valence-corrected chi connectivity index (χ2v) is 11.6. The highest BCUT2D eigenvalue weighted by molar-refractivity contribution is 5.74. The summed E-state index contributed by atoms with van der Waals surface area (Å²) in [6.45, 7) is 15.5. The van der Waals surface area contributed by atoms with Crippen LogP contribution in [-0.2, 0) is 9.53 Å². The summed E-state index contributed by atoms with van der Waals surface area (Å²) in [7, 11) is 0. The van der Waals surface area contributed by atoms with Crippen molar-refractivity contribution in [1.82, 2.24) is 0 Å². The first-order valence-electron chi connectivity index (χ1n) is 10.1. The van der Waals surface area contributed by atoms with Gasteiger partial charge in [0.25, 0.3) is 0 Å². The molecule has 0 unspecified atom stereocenters. The van der Waals surface area contributed by atoms with Crippen LogP contribution in [-0.4, -0.2) is 11.6 Å². The van der Waals surface area contributed by atoms with Gasteiger partial charge in [0.1, 0.15) is 5.60 Å². The highest BCUT2D eigenvalue weighted by atomic mass is 16.6. The van der Waals surface area contributed by atoms with Gasteiger partial charge in [-0.05, 0) is 80.0 Å². The van der Waals surface area contributed by atoms with Gasteiger partial charge in [0, 0.05) is 0 Å². The Hall–Kier alpha value is -0.530. The molecule has 0 heterocycles. The second kappa shape index (κ2) is 5.74. The Morgan fingerprint density at radius 2 is 1.42 bits per heavy atom. The lowest BCUT2D eigenvalue weighted by atomic mass is 9.50. The van der Waals surface area contributed by atoms with Gasteiger partial charge in [-0.2, -0.15) is 0 Å². The SMILES string of the molecule is CC(C)(C)C[C@H](C(=O)OC1(C)C2CC3CC(C2)CC1C3)C(C)(C)C. The molecule has 2 heteroatoms. The van der Waals surface area contributed by atoms with Gasteiger partial charge >= 0.3 is 5.97 Å². The van der Waals surface area contributed by atoms with E-state index in [1.54, 1.807) is 0 Å². The van der Waals surface area contributed by atoms with E-state index in [2.05, 4.69) is 48.5 Å². The lowest BCUT2D eigenvalue weighted by Gasteiger charge is -2.59. The predicted molar refractivity (Wildman–Crippen MR) is 98.6 cm³/mol. The standard InChI is InChI=1S/C22H38O2/c1-20(2,3)13-18(21(4,5)6)19(23)24-22(7)16-9-14-8-15(11-16)12-17(22)10-14/h14-18H,8-13H2,1-7H3/t14?,15?,16?,17?,18-,22?/m1/s1. The van der Waals surface area contributed by atoms with Crippen LogP contribution < -0.4 is 0 Å². The maximum Gasteiger partial charge on any atom is 0.310 e. The fraction of sp³-hybridized carbons (Fsp3) is 0.955. The molecule has 0 amide bonds. The van der Waals surface area contributed by atoms with Crippen LogP contribution in [0.5, 0.6) is 0 Å². The molecule has 0 aliphatic heterocycles. The summed E-state index contributed by atoms with van der Waals surface area (Å²) in [5.41, 5.74) is -0.111. The van der Waals surface area contributed by atoms with E-state index in [4.69, 9.17) is 4.74 Å². The first kappa shape index (κ1) is 18.3. The summed E-state index contributed by atoms with van der Waals surface area (Å²) < 4.78 is 6.41. The number of esters is 1. The minimum atomic E-state index is -0.202. The van der Waals surface area contributed by atoms with Gasteiger partial charge in [0.2, 0.25) is 0 Å². The van der Waals surface area contributed by atoms with E-state index in [9.17, 15) is 4.79 Å². The molecule has 4 aliphatic carbocycles. The van der Waals surface area contributed by atoms with Crippen LogP contribution in [0.2, 0.25) is 0 Å². The number of hydrogen-bond donors (Lipinski definition) is 0. The zero-order chi connectivity index (χ0) is 17.9. The maximum atomic E-state index is 13.2. The van der Waals surface area contributed by atoms with Crippen molar-refractivity contribution in [2.45, 2.75) is 92.6 Å². The minimum absolute atomic E-state index is 0.0217. The van der Waals surface area contributed by atoms with Crippen LogP contribution >= 0.6 is 0 Å². The smallest absolute Gasteiger partial charge is 0.310 e. The normalized spacial score (nSPS) is 39.8. The summed E-state index contributed by atoms with van der Waals surface area (Å²) in [6, 6.07) is 0. The van der Waals surface area contributed by atoms with Gasteiger partial charge in [0.15, 0.2) is 0 Å². The molecule has 2 nitrogen and oxygen atoms in total. The van der Waals surface area contributed by atoms with Crippen molar-refractivity contribution in [1.29, 1.82) is 0 Å². The van der Waals surface area contributed by atoms with E-state index in [-0.39, 0.29) is 28.3 Å². The molecular formula is C22H38O2. The molecule has 0 aromatic heterocycles. The third-order valence-electron chi connectivity index (χ3n) is 7.23. The number of rotatable bonds is 3. The van der Waals surface area contributed by atoms with Gasteiger partial charge in [-0.15, -0.1) is 0 Å². The van der Waals surface area contributed by atoms with E-state index in [1.807, 2.05) is 0 Å². The van der Waals surface area contributed by atoms with Crippen LogP contribution in [0.25, 0.3) is 0 Å². The zero-order valence-corrected chi connectivity index (χ0v) is 16.9. The Balaban J connectivity index is 1.77. The average molecular weight is 335 g/mol. The molecular weight excluding hydrogens is 296 g/mol. The Morgan fingerprint density at radius 1 is 0.958 bits per heavy atom. The van der Waals surface area contributed by atoms with Gasteiger partial charge in [0.05, 0.1) is 5.92 Å². The van der Waals surface area contributed by atoms with Crippen LogP contribution in [0.15, 0.2) is 0 Å². The summed E-state index contributed by atoms with van der Waals surface area (Å²) in [4.78, 5) is 13.2. The van der Waals surface area contributed by atoms with Crippen LogP contribution in [0.1, 0.15) is 87.0 Å². The molecule has 0 saturated heterocycles. The quantitative estimate of drug-likeness (QED) is 0.606. The Morgan fingerprint density at radius 3 is 1.79 bits per heavy atom. The highest BCUT2D eigenvalue weighted by Gasteiger charge is 2.57. The molecule has 0 aromatic rings. The van der Waals surface area contributed by atoms with Gasteiger partial charge in [-0.1, -0.05) is 41.5 Å². The summed E-state index contributed by atoms with van der Waals surface area (Å²) in [6.07, 6.45) is 7.48. The molecule has 0 N–H and O–H groups in total. The summed E-state index contributed by atoms with van der Waals surface area (Å²) >= 11 is 0. The number of hydrogen-bond acceptors (Lipinski definition) is 2. The monoisotopic (exact) mass is 334 g/mol. The van der Waals surface area contributed by atoms with Crippen molar-refractivity contribution < 1.29 is 9.53 Å². The first-order chi connectivity index (χ1) is 10.9. The third kappa shape index (κ3) is 3.40. The molecule has 0 spiro atoms. The average Bonchev–Trinajstić information content (AvgIpc) is 2.39. The number of carbonyl (C=O) groups excluding carboxylic acids is 1. The van der Waals surface area contributed by atoms with Crippen molar-refractivity contribution in [3.8, 4) is 0 Å². The Kier molecular flexibility index (Phi) is 4.37. The van der Waals surface area contributed by atoms with E-state index in [0.717, 1.165) is 18.3 Å². The largest absolute Gasteiger partial charge is 0.459 e. The molecule has 0 aromatic carbocycles. The van der Waals surface area contributed by atoms with Gasteiger partial charge in [-0.3, -0.25) is 4.79 Å². The third-order valence-corrected chi connectivity index (χ3v) is 7.23. The Bertz CT molecular complexity index is 463. The van der Waals surface area contributed by atoms with E-state index >= 15 is 0 Å². The van der Waals surface area contributed by atoms with Crippen molar-refractivity contribution in [3.63, 3.8) is 0 Å². The molecule has 0 radical (unpaired) electrons.